The number of anilines is 2. The van der Waals surface area contributed by atoms with E-state index in [2.05, 4.69) is 32.8 Å². The number of aliphatic hydroxyl groups is 1. The number of nitrogens with zero attached hydrogens (tertiary/aromatic N) is 5. The molecule has 0 radical (unpaired) electrons. The van der Waals surface area contributed by atoms with Crippen molar-refractivity contribution < 1.29 is 5.11 Å². The minimum absolute atomic E-state index is 0.216. The largest absolute Gasteiger partial charge is 0.395 e. The van der Waals surface area contributed by atoms with Crippen molar-refractivity contribution in [2.75, 3.05) is 50.0 Å². The van der Waals surface area contributed by atoms with E-state index >= 15 is 0 Å². The molecule has 3 N–H and O–H groups in total. The van der Waals surface area contributed by atoms with Gasteiger partial charge < -0.3 is 15.7 Å². The smallest absolute Gasteiger partial charge is 0.144 e. The van der Waals surface area contributed by atoms with E-state index in [0.29, 0.717) is 5.82 Å². The average molecular weight is 344 g/mol. The summed E-state index contributed by atoms with van der Waals surface area (Å²) in [6.45, 7) is 6.80. The molecular formula is C16H20N6OS. The predicted molar refractivity (Wildman–Crippen MR) is 97.6 cm³/mol. The van der Waals surface area contributed by atoms with Crippen molar-refractivity contribution >= 4 is 43.4 Å². The summed E-state index contributed by atoms with van der Waals surface area (Å²) in [5.74, 6) is 1.52. The van der Waals surface area contributed by atoms with E-state index in [0.717, 1.165) is 64.5 Å². The second-order valence-electron chi connectivity index (χ2n) is 6.07. The normalized spacial score (nSPS) is 16.3. The first-order valence-corrected chi connectivity index (χ1v) is 8.87. The highest BCUT2D eigenvalue weighted by molar-refractivity contribution is 7.26. The molecule has 1 aliphatic rings. The highest BCUT2D eigenvalue weighted by Crippen LogP contribution is 2.37. The lowest BCUT2D eigenvalue weighted by molar-refractivity contribution is 0.188. The molecule has 0 unspecified atom stereocenters. The number of hydrogen-bond acceptors (Lipinski definition) is 8. The zero-order valence-electron chi connectivity index (χ0n) is 13.6. The van der Waals surface area contributed by atoms with Crippen molar-refractivity contribution in [3.8, 4) is 0 Å². The maximum Gasteiger partial charge on any atom is 0.144 e. The minimum atomic E-state index is 0.216. The van der Waals surface area contributed by atoms with Crippen molar-refractivity contribution in [1.29, 1.82) is 0 Å². The van der Waals surface area contributed by atoms with Crippen LogP contribution in [0.2, 0.25) is 0 Å². The van der Waals surface area contributed by atoms with Crippen LogP contribution in [0.15, 0.2) is 12.4 Å². The van der Waals surface area contributed by atoms with Crippen LogP contribution >= 0.6 is 11.3 Å². The van der Waals surface area contributed by atoms with Crippen molar-refractivity contribution in [2.24, 2.45) is 0 Å². The Hall–Kier alpha value is -2.03. The summed E-state index contributed by atoms with van der Waals surface area (Å²) < 4.78 is 0.910. The second-order valence-corrected chi connectivity index (χ2v) is 7.07. The maximum absolute atomic E-state index is 9.06. The lowest BCUT2D eigenvalue weighted by Crippen LogP contribution is -2.47. The van der Waals surface area contributed by atoms with Gasteiger partial charge in [0.15, 0.2) is 0 Å². The number of fused-ring (bicyclic) bond motifs is 3. The number of aryl methyl sites for hydroxylation is 1. The second kappa shape index (κ2) is 6.12. The van der Waals surface area contributed by atoms with Gasteiger partial charge in [0.05, 0.1) is 16.8 Å². The molecule has 1 fully saturated rings. The lowest BCUT2D eigenvalue weighted by Gasteiger charge is -2.35. The molecule has 1 aliphatic heterocycles. The fourth-order valence-electron chi connectivity index (χ4n) is 3.26. The van der Waals surface area contributed by atoms with Gasteiger partial charge in [0, 0.05) is 38.1 Å². The van der Waals surface area contributed by atoms with Gasteiger partial charge in [0.1, 0.15) is 22.8 Å². The predicted octanol–water partition coefficient (Wildman–Crippen LogP) is 1.24. The van der Waals surface area contributed by atoms with E-state index in [4.69, 9.17) is 15.8 Å². The molecule has 0 aliphatic carbocycles. The third-order valence-corrected chi connectivity index (χ3v) is 5.64. The summed E-state index contributed by atoms with van der Waals surface area (Å²) in [5, 5.41) is 10.1. The Morgan fingerprint density at radius 3 is 2.79 bits per heavy atom. The molecular weight excluding hydrogens is 324 g/mol. The molecule has 0 bridgehead atoms. The number of nitrogens with two attached hydrogens (primary N) is 1. The van der Waals surface area contributed by atoms with E-state index in [1.165, 1.54) is 6.33 Å². The third-order valence-electron chi connectivity index (χ3n) is 4.55. The first-order valence-electron chi connectivity index (χ1n) is 8.06. The number of hydrogen-bond donors (Lipinski definition) is 2. The fourth-order valence-corrected chi connectivity index (χ4v) is 4.36. The fraction of sp³-hybridized carbons (Fsp3) is 0.438. The standard InChI is InChI=1S/C16H20N6OS/c1-10-8-11(22-4-2-21(3-5-22)6-7-23)20-16-12(10)13-14(24-16)15(17)19-9-18-13/h8-9,23H,2-7H2,1H3,(H2,17,18,19). The molecule has 0 aromatic carbocycles. The highest BCUT2D eigenvalue weighted by atomic mass is 32.1. The summed E-state index contributed by atoms with van der Waals surface area (Å²) in [6, 6.07) is 2.13. The van der Waals surface area contributed by atoms with Crippen molar-refractivity contribution in [2.45, 2.75) is 6.92 Å². The van der Waals surface area contributed by atoms with Crippen molar-refractivity contribution in [1.82, 2.24) is 19.9 Å². The first-order chi connectivity index (χ1) is 11.7. The van der Waals surface area contributed by atoms with Crippen LogP contribution in [0, 0.1) is 6.92 Å². The van der Waals surface area contributed by atoms with Crippen LogP contribution in [0.1, 0.15) is 5.56 Å². The summed E-state index contributed by atoms with van der Waals surface area (Å²) in [6.07, 6.45) is 1.51. The lowest BCUT2D eigenvalue weighted by atomic mass is 10.1. The van der Waals surface area contributed by atoms with Gasteiger partial charge in [-0.25, -0.2) is 15.0 Å². The van der Waals surface area contributed by atoms with Gasteiger partial charge in [-0.15, -0.1) is 11.3 Å². The monoisotopic (exact) mass is 344 g/mol. The Morgan fingerprint density at radius 2 is 2.04 bits per heavy atom. The van der Waals surface area contributed by atoms with Gasteiger partial charge in [-0.2, -0.15) is 0 Å². The number of β-amino-alcohol motifs (C(OH)–C–C–N with tert-alkyl or cyclic N) is 1. The molecule has 0 spiro atoms. The van der Waals surface area contributed by atoms with Crippen LogP contribution in [-0.2, 0) is 0 Å². The zero-order chi connectivity index (χ0) is 16.7. The summed E-state index contributed by atoms with van der Waals surface area (Å²) in [5.41, 5.74) is 8.05. The summed E-state index contributed by atoms with van der Waals surface area (Å²) in [4.78, 5) is 18.9. The minimum Gasteiger partial charge on any atom is -0.395 e. The maximum atomic E-state index is 9.06. The van der Waals surface area contributed by atoms with Crippen LogP contribution in [0.3, 0.4) is 0 Å². The number of rotatable bonds is 3. The Kier molecular flexibility index (Phi) is 3.95. The number of thiophene rings is 1. The van der Waals surface area contributed by atoms with Crippen LogP contribution in [0.4, 0.5) is 11.6 Å². The number of piperazine rings is 1. The summed E-state index contributed by atoms with van der Waals surface area (Å²) in [7, 11) is 0. The van der Waals surface area contributed by atoms with Gasteiger partial charge in [-0.05, 0) is 18.6 Å². The third kappa shape index (κ3) is 2.56. The molecule has 4 heterocycles. The Balaban J connectivity index is 1.71. The van der Waals surface area contributed by atoms with Crippen LogP contribution in [-0.4, -0.2) is 64.3 Å². The van der Waals surface area contributed by atoms with Gasteiger partial charge in [-0.1, -0.05) is 0 Å². The number of aromatic nitrogens is 3. The van der Waals surface area contributed by atoms with Gasteiger partial charge in [0.2, 0.25) is 0 Å². The van der Waals surface area contributed by atoms with Crippen LogP contribution in [0.25, 0.3) is 20.4 Å². The molecule has 24 heavy (non-hydrogen) atoms. The first kappa shape index (κ1) is 15.5. The molecule has 7 nitrogen and oxygen atoms in total. The number of nitrogen functional groups attached to an aromatic ring is 1. The molecule has 0 amide bonds. The molecule has 126 valence electrons. The van der Waals surface area contributed by atoms with Crippen molar-refractivity contribution in [3.63, 3.8) is 0 Å². The summed E-state index contributed by atoms with van der Waals surface area (Å²) >= 11 is 1.56. The SMILES string of the molecule is Cc1cc(N2CCN(CCO)CC2)nc2sc3c(N)ncnc3c12. The van der Waals surface area contributed by atoms with Gasteiger partial charge >= 0.3 is 0 Å². The zero-order valence-corrected chi connectivity index (χ0v) is 14.4. The van der Waals surface area contributed by atoms with E-state index < -0.39 is 0 Å². The molecule has 1 saturated heterocycles. The van der Waals surface area contributed by atoms with E-state index in [9.17, 15) is 0 Å². The molecule has 3 aromatic rings. The van der Waals surface area contributed by atoms with Crippen LogP contribution in [0.5, 0.6) is 0 Å². The van der Waals surface area contributed by atoms with E-state index in [-0.39, 0.29) is 6.61 Å². The molecule has 3 aromatic heterocycles. The Bertz CT molecular complexity index is 887. The molecule has 0 saturated carbocycles. The number of pyridine rings is 1. The quantitative estimate of drug-likeness (QED) is 0.739. The highest BCUT2D eigenvalue weighted by Gasteiger charge is 2.20. The average Bonchev–Trinajstić information content (AvgIpc) is 2.96. The molecule has 4 rings (SSSR count). The van der Waals surface area contributed by atoms with E-state index in [1.54, 1.807) is 11.3 Å². The van der Waals surface area contributed by atoms with Gasteiger partial charge in [0.25, 0.3) is 0 Å². The van der Waals surface area contributed by atoms with Gasteiger partial charge in [-0.3, -0.25) is 4.90 Å². The Labute approximate surface area is 143 Å². The van der Waals surface area contributed by atoms with Crippen molar-refractivity contribution in [3.05, 3.63) is 18.0 Å². The topological polar surface area (TPSA) is 91.4 Å². The molecule has 0 atom stereocenters. The Morgan fingerprint density at radius 1 is 1.25 bits per heavy atom. The van der Waals surface area contributed by atoms with Crippen LogP contribution < -0.4 is 10.6 Å². The van der Waals surface area contributed by atoms with E-state index in [1.807, 2.05) is 0 Å². The number of aliphatic hydroxyl groups excluding tert-OH is 1. The molecule has 8 heteroatoms.